The number of hydrogen-bond donors (Lipinski definition) is 2. The molecule has 2 unspecified atom stereocenters. The molecule has 30 heavy (non-hydrogen) atoms. The molecule has 0 aliphatic carbocycles. The summed E-state index contributed by atoms with van der Waals surface area (Å²) in [4.78, 5) is 17.1. The van der Waals surface area contributed by atoms with E-state index in [9.17, 15) is 4.79 Å². The number of para-hydroxylation sites is 1. The lowest BCUT2D eigenvalue weighted by Gasteiger charge is -2.37. The van der Waals surface area contributed by atoms with Crippen molar-refractivity contribution in [3.63, 3.8) is 0 Å². The Labute approximate surface area is 183 Å². The van der Waals surface area contributed by atoms with Crippen LogP contribution in [-0.2, 0) is 11.2 Å². The number of amides is 1. The van der Waals surface area contributed by atoms with Gasteiger partial charge in [0, 0.05) is 43.7 Å². The number of nitrogens with zero attached hydrogens (tertiary/aromatic N) is 2. The van der Waals surface area contributed by atoms with Crippen molar-refractivity contribution >= 4 is 17.5 Å². The van der Waals surface area contributed by atoms with Crippen molar-refractivity contribution in [3.8, 4) is 5.75 Å². The van der Waals surface area contributed by atoms with Crippen LogP contribution in [0.4, 0.5) is 0 Å². The van der Waals surface area contributed by atoms with Gasteiger partial charge in [0.05, 0.1) is 13.3 Å². The van der Waals surface area contributed by atoms with Gasteiger partial charge >= 0.3 is 0 Å². The third-order valence-electron chi connectivity index (χ3n) is 6.06. The first-order chi connectivity index (χ1) is 14.6. The molecule has 2 N–H and O–H groups in total. The van der Waals surface area contributed by atoms with E-state index < -0.39 is 0 Å². The molecule has 2 atom stereocenters. The fraction of sp³-hybridized carbons (Fsp3) is 0.435. The summed E-state index contributed by atoms with van der Waals surface area (Å²) in [5, 5.41) is 0.757. The summed E-state index contributed by atoms with van der Waals surface area (Å²) in [5.41, 5.74) is 9.13. The van der Waals surface area contributed by atoms with Crippen molar-refractivity contribution in [2.24, 2.45) is 0 Å². The van der Waals surface area contributed by atoms with Gasteiger partial charge < -0.3 is 9.64 Å². The summed E-state index contributed by atoms with van der Waals surface area (Å²) in [7, 11) is 1.67. The highest BCUT2D eigenvalue weighted by molar-refractivity contribution is 6.30. The zero-order chi connectivity index (χ0) is 20.9. The zero-order valence-electron chi connectivity index (χ0n) is 17.3. The number of benzene rings is 2. The van der Waals surface area contributed by atoms with E-state index >= 15 is 0 Å². The second-order valence-corrected chi connectivity index (χ2v) is 8.31. The van der Waals surface area contributed by atoms with E-state index in [0.29, 0.717) is 12.8 Å². The van der Waals surface area contributed by atoms with Crippen LogP contribution in [0.3, 0.4) is 0 Å². The molecule has 4 rings (SSSR count). The third-order valence-corrected chi connectivity index (χ3v) is 6.32. The van der Waals surface area contributed by atoms with E-state index in [4.69, 9.17) is 16.3 Å². The minimum absolute atomic E-state index is 0.220. The molecule has 7 heteroatoms. The number of nitrogens with one attached hydrogen (secondary N) is 2. The molecule has 0 spiro atoms. The van der Waals surface area contributed by atoms with Crippen molar-refractivity contribution in [2.45, 2.75) is 31.5 Å². The molecule has 0 saturated carbocycles. The van der Waals surface area contributed by atoms with Crippen molar-refractivity contribution in [1.82, 2.24) is 20.7 Å². The number of rotatable bonds is 6. The van der Waals surface area contributed by atoms with E-state index in [1.54, 1.807) is 7.11 Å². The number of halogens is 1. The summed E-state index contributed by atoms with van der Waals surface area (Å²) in [6, 6.07) is 16.2. The molecule has 2 aliphatic rings. The molecule has 2 heterocycles. The number of carbonyl (C=O) groups excluding carboxylic acids is 1. The second kappa shape index (κ2) is 9.79. The maximum Gasteiger partial charge on any atom is 0.222 e. The van der Waals surface area contributed by atoms with Crippen LogP contribution in [0.2, 0.25) is 5.02 Å². The molecule has 0 bridgehead atoms. The van der Waals surface area contributed by atoms with Gasteiger partial charge in [0.15, 0.2) is 0 Å². The molecular formula is C23H29ClN4O2. The van der Waals surface area contributed by atoms with E-state index in [2.05, 4.69) is 27.9 Å². The number of ether oxygens (including phenoxy) is 1. The van der Waals surface area contributed by atoms with Crippen LogP contribution < -0.4 is 15.6 Å². The summed E-state index contributed by atoms with van der Waals surface area (Å²) in [5.74, 6) is 1.07. The van der Waals surface area contributed by atoms with Crippen LogP contribution in [0, 0.1) is 0 Å². The van der Waals surface area contributed by atoms with Crippen molar-refractivity contribution in [2.75, 3.05) is 33.3 Å². The van der Waals surface area contributed by atoms with E-state index in [-0.39, 0.29) is 18.1 Å². The quantitative estimate of drug-likeness (QED) is 0.740. The van der Waals surface area contributed by atoms with E-state index in [1.165, 1.54) is 5.56 Å². The topological polar surface area (TPSA) is 56.8 Å². The van der Waals surface area contributed by atoms with Gasteiger partial charge in [-0.2, -0.15) is 0 Å². The van der Waals surface area contributed by atoms with Gasteiger partial charge in [0.25, 0.3) is 0 Å². The van der Waals surface area contributed by atoms with Gasteiger partial charge in [0.2, 0.25) is 5.91 Å². The highest BCUT2D eigenvalue weighted by Crippen LogP contribution is 2.26. The number of methoxy groups -OCH3 is 1. The maximum atomic E-state index is 12.7. The number of hydrogen-bond acceptors (Lipinski definition) is 5. The largest absolute Gasteiger partial charge is 0.496 e. The molecule has 160 valence electrons. The maximum absolute atomic E-state index is 12.7. The second-order valence-electron chi connectivity index (χ2n) is 7.87. The fourth-order valence-corrected chi connectivity index (χ4v) is 4.41. The molecule has 0 aromatic heterocycles. The summed E-state index contributed by atoms with van der Waals surface area (Å²) < 4.78 is 5.39. The lowest BCUT2D eigenvalue weighted by atomic mass is 10.0. The highest BCUT2D eigenvalue weighted by Gasteiger charge is 2.32. The van der Waals surface area contributed by atoms with Crippen molar-refractivity contribution in [1.29, 1.82) is 0 Å². The molecule has 1 amide bonds. The summed E-state index contributed by atoms with van der Waals surface area (Å²) in [6.45, 7) is 3.31. The zero-order valence-corrected chi connectivity index (χ0v) is 18.1. The first-order valence-corrected chi connectivity index (χ1v) is 10.9. The van der Waals surface area contributed by atoms with E-state index in [0.717, 1.165) is 48.9 Å². The Balaban J connectivity index is 1.24. The molecule has 2 aromatic carbocycles. The molecule has 2 saturated heterocycles. The molecule has 6 nitrogen and oxygen atoms in total. The lowest BCUT2D eigenvalue weighted by Crippen LogP contribution is -2.55. The van der Waals surface area contributed by atoms with Crippen LogP contribution in [-0.4, -0.2) is 55.2 Å². The molecule has 2 fully saturated rings. The van der Waals surface area contributed by atoms with E-state index in [1.807, 2.05) is 41.3 Å². The van der Waals surface area contributed by atoms with Crippen LogP contribution >= 0.6 is 11.6 Å². The van der Waals surface area contributed by atoms with Crippen LogP contribution in [0.1, 0.15) is 30.0 Å². The van der Waals surface area contributed by atoms with Gasteiger partial charge in [-0.15, -0.1) is 0 Å². The number of hydrazine groups is 1. The SMILES string of the molecule is COc1ccccc1CCC(=O)N1CCN(C2CC(c3ccc(Cl)cc3)NN2)CC1. The van der Waals surface area contributed by atoms with Gasteiger partial charge in [-0.3, -0.25) is 9.69 Å². The minimum Gasteiger partial charge on any atom is -0.496 e. The van der Waals surface area contributed by atoms with Gasteiger partial charge in [0.1, 0.15) is 5.75 Å². The molecule has 2 aliphatic heterocycles. The van der Waals surface area contributed by atoms with Gasteiger partial charge in [-0.25, -0.2) is 10.9 Å². The normalized spacial score (nSPS) is 22.3. The molecule has 2 aromatic rings. The Bertz CT molecular complexity index is 853. The monoisotopic (exact) mass is 428 g/mol. The third kappa shape index (κ3) is 4.95. The Hall–Kier alpha value is -2.12. The molecular weight excluding hydrogens is 400 g/mol. The Morgan fingerprint density at radius 3 is 2.53 bits per heavy atom. The standard InChI is InChI=1S/C23H29ClN4O2/c1-30-21-5-3-2-4-18(21)8-11-23(29)28-14-12-27(13-15-28)22-16-20(25-26-22)17-6-9-19(24)10-7-17/h2-7,9-10,20,22,25-26H,8,11-16H2,1H3. The van der Waals surface area contributed by atoms with Crippen molar-refractivity contribution < 1.29 is 9.53 Å². The summed E-state index contributed by atoms with van der Waals surface area (Å²) in [6.07, 6.45) is 2.49. The van der Waals surface area contributed by atoms with Crippen molar-refractivity contribution in [3.05, 3.63) is 64.7 Å². The Morgan fingerprint density at radius 2 is 1.80 bits per heavy atom. The number of carbonyl (C=O) groups is 1. The first-order valence-electron chi connectivity index (χ1n) is 10.5. The van der Waals surface area contributed by atoms with Gasteiger partial charge in [-0.1, -0.05) is 41.9 Å². The number of piperazine rings is 1. The van der Waals surface area contributed by atoms with Crippen LogP contribution in [0.5, 0.6) is 5.75 Å². The first kappa shape index (κ1) is 21.1. The number of aryl methyl sites for hydroxylation is 1. The predicted molar refractivity (Wildman–Crippen MR) is 118 cm³/mol. The Kier molecular flexibility index (Phi) is 6.89. The molecule has 0 radical (unpaired) electrons. The van der Waals surface area contributed by atoms with Gasteiger partial charge in [-0.05, 0) is 42.2 Å². The average Bonchev–Trinajstić information content (AvgIpc) is 3.28. The Morgan fingerprint density at radius 1 is 1.07 bits per heavy atom. The predicted octanol–water partition coefficient (Wildman–Crippen LogP) is 2.99. The van der Waals surface area contributed by atoms with Crippen LogP contribution in [0.25, 0.3) is 0 Å². The van der Waals surface area contributed by atoms with Crippen LogP contribution in [0.15, 0.2) is 48.5 Å². The minimum atomic E-state index is 0.220. The highest BCUT2D eigenvalue weighted by atomic mass is 35.5. The smallest absolute Gasteiger partial charge is 0.222 e. The average molecular weight is 429 g/mol. The lowest BCUT2D eigenvalue weighted by molar-refractivity contribution is -0.133. The fourth-order valence-electron chi connectivity index (χ4n) is 4.28. The summed E-state index contributed by atoms with van der Waals surface area (Å²) >= 11 is 6.00.